The van der Waals surface area contributed by atoms with E-state index >= 15 is 0 Å². The van der Waals surface area contributed by atoms with Crippen LogP contribution in [0, 0.1) is 11.6 Å². The molecule has 0 unspecified atom stereocenters. The molecule has 2 bridgehead atoms. The summed E-state index contributed by atoms with van der Waals surface area (Å²) < 4.78 is 29.6. The maximum absolute atomic E-state index is 14.9. The number of nitrogens with zero attached hydrogens (tertiary/aromatic N) is 4. The number of benzene rings is 1. The zero-order valence-corrected chi connectivity index (χ0v) is 18.3. The van der Waals surface area contributed by atoms with Crippen LogP contribution < -0.4 is 10.2 Å². The van der Waals surface area contributed by atoms with Crippen LogP contribution in [0.25, 0.3) is 22.4 Å². The Kier molecular flexibility index (Phi) is 4.70. The number of H-pyrrole nitrogens is 1. The van der Waals surface area contributed by atoms with Crippen LogP contribution >= 0.6 is 0 Å². The van der Waals surface area contributed by atoms with Gasteiger partial charge < -0.3 is 15.3 Å². The van der Waals surface area contributed by atoms with E-state index in [0.717, 1.165) is 25.7 Å². The topological polar surface area (TPSA) is 90.0 Å². The summed E-state index contributed by atoms with van der Waals surface area (Å²) in [6, 6.07) is 4.77. The Morgan fingerprint density at radius 1 is 1.09 bits per heavy atom. The van der Waals surface area contributed by atoms with Gasteiger partial charge in [0.2, 0.25) is 0 Å². The van der Waals surface area contributed by atoms with Gasteiger partial charge in [-0.2, -0.15) is 5.10 Å². The van der Waals surface area contributed by atoms with Gasteiger partial charge in [-0.3, -0.25) is 5.10 Å². The van der Waals surface area contributed by atoms with Crippen molar-refractivity contribution in [3.63, 3.8) is 0 Å². The molecule has 7 nitrogen and oxygen atoms in total. The normalized spacial score (nSPS) is 27.0. The first-order valence-electron chi connectivity index (χ1n) is 10.7. The molecule has 32 heavy (non-hydrogen) atoms. The Balaban J connectivity index is 1.42. The van der Waals surface area contributed by atoms with Crippen molar-refractivity contribution in [2.75, 3.05) is 11.9 Å². The molecule has 2 fully saturated rings. The molecule has 0 amide bonds. The van der Waals surface area contributed by atoms with E-state index < -0.39 is 17.4 Å². The molecule has 2 aliphatic heterocycles. The van der Waals surface area contributed by atoms with E-state index in [1.54, 1.807) is 12.1 Å². The second-order valence-electron chi connectivity index (χ2n) is 9.63. The number of fused-ring (bicyclic) bond motifs is 2. The van der Waals surface area contributed by atoms with Crippen molar-refractivity contribution in [3.05, 3.63) is 42.2 Å². The van der Waals surface area contributed by atoms with E-state index in [0.29, 0.717) is 17.4 Å². The largest absolute Gasteiger partial charge is 0.507 e. The third-order valence-corrected chi connectivity index (χ3v) is 7.02. The number of piperidine rings is 1. The Labute approximate surface area is 184 Å². The maximum atomic E-state index is 14.9. The lowest BCUT2D eigenvalue weighted by Gasteiger charge is -2.45. The summed E-state index contributed by atoms with van der Waals surface area (Å²) in [5.74, 6) is -2.00. The molecule has 1 aromatic carbocycles. The highest BCUT2D eigenvalue weighted by Gasteiger charge is 2.49. The molecule has 2 saturated heterocycles. The lowest BCUT2D eigenvalue weighted by molar-refractivity contribution is 0.207. The molecule has 3 N–H and O–H groups in total. The highest BCUT2D eigenvalue weighted by atomic mass is 19.2. The number of anilines is 1. The predicted octanol–water partition coefficient (Wildman–Crippen LogP) is 4.02. The zero-order chi connectivity index (χ0) is 22.7. The maximum Gasteiger partial charge on any atom is 0.172 e. The SMILES string of the molecule is CN(c1ccc(-c2c(O)cc(-c3cn[nH]c3)c(F)c2F)nn1)[C@@H]1C[C@]2(C)CC[C@](C)(C1)N2. The van der Waals surface area contributed by atoms with Gasteiger partial charge in [-0.25, -0.2) is 8.78 Å². The van der Waals surface area contributed by atoms with Crippen LogP contribution in [0.1, 0.15) is 39.5 Å². The molecule has 2 aliphatic rings. The molecule has 2 aromatic heterocycles. The summed E-state index contributed by atoms with van der Waals surface area (Å²) in [5.41, 5.74) is 0.245. The highest BCUT2D eigenvalue weighted by molar-refractivity contribution is 5.75. The summed E-state index contributed by atoms with van der Waals surface area (Å²) in [5, 5.41) is 28.9. The van der Waals surface area contributed by atoms with Gasteiger partial charge >= 0.3 is 0 Å². The number of aromatic amines is 1. The summed E-state index contributed by atoms with van der Waals surface area (Å²) in [6.07, 6.45) is 7.08. The second kappa shape index (κ2) is 7.23. The lowest BCUT2D eigenvalue weighted by Crippen LogP contribution is -2.58. The molecule has 0 saturated carbocycles. The molecule has 5 rings (SSSR count). The molecule has 9 heteroatoms. The third kappa shape index (κ3) is 3.40. The zero-order valence-electron chi connectivity index (χ0n) is 18.3. The minimum absolute atomic E-state index is 0.0686. The first-order valence-corrected chi connectivity index (χ1v) is 10.7. The fraction of sp³-hybridized carbons (Fsp3) is 0.435. The van der Waals surface area contributed by atoms with E-state index in [9.17, 15) is 13.9 Å². The third-order valence-electron chi connectivity index (χ3n) is 7.02. The molecule has 0 aliphatic carbocycles. The van der Waals surface area contributed by atoms with Crippen molar-refractivity contribution in [1.82, 2.24) is 25.7 Å². The number of hydrogen-bond acceptors (Lipinski definition) is 6. The van der Waals surface area contributed by atoms with Crippen LogP contribution in [0.5, 0.6) is 5.75 Å². The standard InChI is InChI=1S/C23H26F2N6O/c1-22-6-7-23(2,30-22)10-14(9-22)31(3)18-5-4-16(28-29-18)19-17(32)8-15(20(24)21(19)25)13-11-26-27-12-13/h4-5,8,11-12,14,30,32H,6-7,9-10H2,1-3H3,(H,26,27)/t14-,22+,23-. The number of aromatic hydroxyl groups is 1. The molecule has 0 spiro atoms. The number of phenolic OH excluding ortho intramolecular Hbond substituents is 1. The smallest absolute Gasteiger partial charge is 0.172 e. The fourth-order valence-electron chi connectivity index (χ4n) is 5.40. The molecule has 168 valence electrons. The van der Waals surface area contributed by atoms with Crippen molar-refractivity contribution >= 4 is 5.82 Å². The van der Waals surface area contributed by atoms with Crippen molar-refractivity contribution < 1.29 is 13.9 Å². The van der Waals surface area contributed by atoms with Crippen molar-refractivity contribution in [2.24, 2.45) is 0 Å². The molecule has 3 atom stereocenters. The minimum atomic E-state index is -1.17. The van der Waals surface area contributed by atoms with E-state index in [1.165, 1.54) is 18.5 Å². The van der Waals surface area contributed by atoms with E-state index in [-0.39, 0.29) is 27.9 Å². The average Bonchev–Trinajstić information content (AvgIpc) is 3.36. The first kappa shape index (κ1) is 20.8. The Hall–Kier alpha value is -3.07. The minimum Gasteiger partial charge on any atom is -0.507 e. The van der Waals surface area contributed by atoms with E-state index in [1.807, 2.05) is 7.05 Å². The van der Waals surface area contributed by atoms with Gasteiger partial charge in [-0.15, -0.1) is 10.2 Å². The monoisotopic (exact) mass is 440 g/mol. The van der Waals surface area contributed by atoms with Gasteiger partial charge in [0, 0.05) is 41.5 Å². The van der Waals surface area contributed by atoms with Gasteiger partial charge in [-0.1, -0.05) is 0 Å². The van der Waals surface area contributed by atoms with E-state index in [2.05, 4.69) is 44.5 Å². The number of phenols is 1. The second-order valence-corrected chi connectivity index (χ2v) is 9.63. The lowest BCUT2D eigenvalue weighted by atomic mass is 9.84. The Bertz CT molecular complexity index is 1130. The Morgan fingerprint density at radius 3 is 2.41 bits per heavy atom. The quantitative estimate of drug-likeness (QED) is 0.568. The van der Waals surface area contributed by atoms with Crippen LogP contribution in [-0.2, 0) is 0 Å². The van der Waals surface area contributed by atoms with Gasteiger partial charge in [0.15, 0.2) is 17.5 Å². The van der Waals surface area contributed by atoms with Gasteiger partial charge in [0.05, 0.1) is 17.5 Å². The van der Waals surface area contributed by atoms with Crippen molar-refractivity contribution in [1.29, 1.82) is 0 Å². The van der Waals surface area contributed by atoms with Gasteiger partial charge in [-0.05, 0) is 57.7 Å². The number of hydrogen-bond donors (Lipinski definition) is 3. The summed E-state index contributed by atoms with van der Waals surface area (Å²) >= 11 is 0. The molecule has 3 aromatic rings. The van der Waals surface area contributed by atoms with Gasteiger partial charge in [0.1, 0.15) is 5.75 Å². The van der Waals surface area contributed by atoms with E-state index in [4.69, 9.17) is 0 Å². The highest BCUT2D eigenvalue weighted by Crippen LogP contribution is 2.44. The van der Waals surface area contributed by atoms with Crippen molar-refractivity contribution in [3.8, 4) is 28.1 Å². The van der Waals surface area contributed by atoms with Crippen LogP contribution in [0.4, 0.5) is 14.6 Å². The predicted molar refractivity (Wildman–Crippen MR) is 117 cm³/mol. The average molecular weight is 440 g/mol. The van der Waals surface area contributed by atoms with Crippen LogP contribution in [0.2, 0.25) is 0 Å². The molecule has 0 radical (unpaired) electrons. The van der Waals surface area contributed by atoms with Crippen LogP contribution in [-0.4, -0.2) is 49.7 Å². The number of aromatic nitrogens is 4. The number of nitrogens with one attached hydrogen (secondary N) is 2. The molecular formula is C23H26F2N6O. The molecule has 4 heterocycles. The molecular weight excluding hydrogens is 414 g/mol. The van der Waals surface area contributed by atoms with Gasteiger partial charge in [0.25, 0.3) is 0 Å². The Morgan fingerprint density at radius 2 is 1.81 bits per heavy atom. The summed E-state index contributed by atoms with van der Waals surface area (Å²) in [6.45, 7) is 4.53. The number of halogens is 2. The fourth-order valence-corrected chi connectivity index (χ4v) is 5.40. The van der Waals surface area contributed by atoms with Crippen LogP contribution in [0.3, 0.4) is 0 Å². The first-order chi connectivity index (χ1) is 15.2. The summed E-state index contributed by atoms with van der Waals surface area (Å²) in [7, 11) is 1.99. The van der Waals surface area contributed by atoms with Crippen molar-refractivity contribution in [2.45, 2.75) is 56.7 Å². The van der Waals surface area contributed by atoms with Crippen LogP contribution in [0.15, 0.2) is 30.6 Å². The number of rotatable bonds is 4. The summed E-state index contributed by atoms with van der Waals surface area (Å²) in [4.78, 5) is 2.11.